The summed E-state index contributed by atoms with van der Waals surface area (Å²) in [5.74, 6) is -0.792. The molecule has 7 heteroatoms. The van der Waals surface area contributed by atoms with E-state index < -0.39 is 21.9 Å². The molecule has 0 saturated carbocycles. The van der Waals surface area contributed by atoms with Crippen molar-refractivity contribution in [2.45, 2.75) is 17.9 Å². The molecule has 0 aliphatic heterocycles. The second-order valence-corrected chi connectivity index (χ2v) is 5.10. The predicted octanol–water partition coefficient (Wildman–Crippen LogP) is 0.0670. The van der Waals surface area contributed by atoms with Crippen molar-refractivity contribution in [3.05, 3.63) is 24.0 Å². The van der Waals surface area contributed by atoms with Gasteiger partial charge in [-0.2, -0.15) is 0 Å². The van der Waals surface area contributed by atoms with Gasteiger partial charge in [0.1, 0.15) is 5.82 Å². The first-order chi connectivity index (χ1) is 7.36. The molecule has 1 rings (SSSR count). The molecule has 0 radical (unpaired) electrons. The number of hydrogen-bond donors (Lipinski definition) is 3. The van der Waals surface area contributed by atoms with Crippen molar-refractivity contribution in [2.24, 2.45) is 0 Å². The Morgan fingerprint density at radius 2 is 2.19 bits per heavy atom. The number of nitrogen functional groups attached to an aromatic ring is 1. The lowest BCUT2D eigenvalue weighted by molar-refractivity contribution is 0.265. The zero-order valence-electron chi connectivity index (χ0n) is 8.64. The Hall–Kier alpha value is -1.18. The second kappa shape index (κ2) is 4.77. The number of rotatable bonds is 4. The van der Waals surface area contributed by atoms with Crippen LogP contribution >= 0.6 is 0 Å². The van der Waals surface area contributed by atoms with Crippen LogP contribution in [-0.4, -0.2) is 26.2 Å². The first-order valence-corrected chi connectivity index (χ1v) is 6.03. The third kappa shape index (κ3) is 2.91. The molecule has 16 heavy (non-hydrogen) atoms. The highest BCUT2D eigenvalue weighted by Crippen LogP contribution is 2.16. The lowest BCUT2D eigenvalue weighted by Crippen LogP contribution is -2.35. The number of nitrogens with one attached hydrogen (secondary N) is 1. The van der Waals surface area contributed by atoms with Gasteiger partial charge >= 0.3 is 0 Å². The van der Waals surface area contributed by atoms with E-state index in [4.69, 9.17) is 10.8 Å². The number of aliphatic hydroxyl groups is 1. The van der Waals surface area contributed by atoms with Crippen LogP contribution in [0.3, 0.4) is 0 Å². The van der Waals surface area contributed by atoms with Gasteiger partial charge in [-0.15, -0.1) is 0 Å². The van der Waals surface area contributed by atoms with Crippen LogP contribution in [0.4, 0.5) is 10.1 Å². The van der Waals surface area contributed by atoms with E-state index in [0.29, 0.717) is 0 Å². The van der Waals surface area contributed by atoms with Crippen LogP contribution in [0.2, 0.25) is 0 Å². The van der Waals surface area contributed by atoms with Crippen molar-refractivity contribution in [3.63, 3.8) is 0 Å². The Morgan fingerprint density at radius 3 is 2.69 bits per heavy atom. The summed E-state index contributed by atoms with van der Waals surface area (Å²) in [6.07, 6.45) is 0. The molecule has 1 atom stereocenters. The number of halogens is 1. The number of aliphatic hydroxyl groups excluding tert-OH is 1. The van der Waals surface area contributed by atoms with Gasteiger partial charge in [0, 0.05) is 6.04 Å². The zero-order chi connectivity index (χ0) is 12.3. The molecular formula is C9H13FN2O3S. The molecule has 90 valence electrons. The Morgan fingerprint density at radius 1 is 1.56 bits per heavy atom. The van der Waals surface area contributed by atoms with Crippen molar-refractivity contribution in [1.29, 1.82) is 0 Å². The van der Waals surface area contributed by atoms with E-state index in [-0.39, 0.29) is 17.2 Å². The van der Waals surface area contributed by atoms with Crippen LogP contribution in [0, 0.1) is 5.82 Å². The van der Waals surface area contributed by atoms with Crippen LogP contribution in [0.1, 0.15) is 6.92 Å². The third-order valence-electron chi connectivity index (χ3n) is 1.91. The molecule has 0 aliphatic carbocycles. The van der Waals surface area contributed by atoms with Gasteiger partial charge in [-0.1, -0.05) is 0 Å². The summed E-state index contributed by atoms with van der Waals surface area (Å²) in [6.45, 7) is 1.15. The number of benzene rings is 1. The molecule has 0 bridgehead atoms. The first-order valence-electron chi connectivity index (χ1n) is 4.55. The number of sulfonamides is 1. The minimum Gasteiger partial charge on any atom is -0.396 e. The second-order valence-electron chi connectivity index (χ2n) is 3.39. The summed E-state index contributed by atoms with van der Waals surface area (Å²) in [6, 6.07) is 2.57. The van der Waals surface area contributed by atoms with Gasteiger partial charge < -0.3 is 10.8 Å². The molecule has 1 aromatic carbocycles. The Balaban J connectivity index is 3.03. The fourth-order valence-electron chi connectivity index (χ4n) is 1.05. The molecular weight excluding hydrogens is 235 g/mol. The van der Waals surface area contributed by atoms with Crippen molar-refractivity contribution in [1.82, 2.24) is 4.72 Å². The van der Waals surface area contributed by atoms with Gasteiger partial charge in [0.05, 0.1) is 17.2 Å². The van der Waals surface area contributed by atoms with E-state index in [1.54, 1.807) is 0 Å². The Labute approximate surface area is 93.1 Å². The largest absolute Gasteiger partial charge is 0.396 e. The minimum atomic E-state index is -3.82. The average molecular weight is 248 g/mol. The predicted molar refractivity (Wildman–Crippen MR) is 57.7 cm³/mol. The highest BCUT2D eigenvalue weighted by molar-refractivity contribution is 7.89. The molecule has 0 saturated heterocycles. The standard InChI is InChI=1S/C9H13FN2O3S/c1-6(5-13)12-16(14,15)7-2-3-9(11)8(10)4-7/h2-4,6,12-13H,5,11H2,1H3. The maximum atomic E-state index is 13.1. The first kappa shape index (κ1) is 12.9. The van der Waals surface area contributed by atoms with E-state index in [9.17, 15) is 12.8 Å². The zero-order valence-corrected chi connectivity index (χ0v) is 9.46. The number of hydrogen-bond acceptors (Lipinski definition) is 4. The summed E-state index contributed by atoms with van der Waals surface area (Å²) >= 11 is 0. The monoisotopic (exact) mass is 248 g/mol. The summed E-state index contributed by atoms with van der Waals surface area (Å²) in [7, 11) is -3.82. The molecule has 0 fully saturated rings. The van der Waals surface area contributed by atoms with Crippen LogP contribution in [0.25, 0.3) is 0 Å². The van der Waals surface area contributed by atoms with Gasteiger partial charge in [-0.3, -0.25) is 0 Å². The topological polar surface area (TPSA) is 92.4 Å². The van der Waals surface area contributed by atoms with Gasteiger partial charge in [-0.05, 0) is 25.1 Å². The molecule has 0 aliphatic rings. The third-order valence-corrected chi connectivity index (χ3v) is 3.50. The van der Waals surface area contributed by atoms with Crippen LogP contribution in [-0.2, 0) is 10.0 Å². The van der Waals surface area contributed by atoms with Crippen molar-refractivity contribution in [2.75, 3.05) is 12.3 Å². The molecule has 0 aromatic heterocycles. The normalized spacial score (nSPS) is 13.7. The highest BCUT2D eigenvalue weighted by Gasteiger charge is 2.17. The molecule has 0 heterocycles. The summed E-state index contributed by atoms with van der Waals surface area (Å²) < 4.78 is 38.5. The Kier molecular flexibility index (Phi) is 3.84. The number of anilines is 1. The fraction of sp³-hybridized carbons (Fsp3) is 0.333. The fourth-order valence-corrected chi connectivity index (χ4v) is 2.29. The van der Waals surface area contributed by atoms with E-state index in [0.717, 1.165) is 6.07 Å². The van der Waals surface area contributed by atoms with Crippen LogP contribution in [0.5, 0.6) is 0 Å². The van der Waals surface area contributed by atoms with Crippen LogP contribution in [0.15, 0.2) is 23.1 Å². The lowest BCUT2D eigenvalue weighted by atomic mass is 10.3. The van der Waals surface area contributed by atoms with E-state index >= 15 is 0 Å². The van der Waals surface area contributed by atoms with Gasteiger partial charge in [-0.25, -0.2) is 17.5 Å². The van der Waals surface area contributed by atoms with Crippen molar-refractivity contribution >= 4 is 15.7 Å². The molecule has 0 amide bonds. The smallest absolute Gasteiger partial charge is 0.240 e. The van der Waals surface area contributed by atoms with Gasteiger partial charge in [0.15, 0.2) is 0 Å². The average Bonchev–Trinajstić information content (AvgIpc) is 2.21. The maximum absolute atomic E-state index is 13.1. The summed E-state index contributed by atoms with van der Waals surface area (Å²) in [4.78, 5) is -0.223. The highest BCUT2D eigenvalue weighted by atomic mass is 32.2. The van der Waals surface area contributed by atoms with E-state index in [1.807, 2.05) is 0 Å². The van der Waals surface area contributed by atoms with E-state index in [2.05, 4.69) is 4.72 Å². The molecule has 5 nitrogen and oxygen atoms in total. The summed E-state index contributed by atoms with van der Waals surface area (Å²) in [5, 5.41) is 8.72. The lowest BCUT2D eigenvalue weighted by Gasteiger charge is -2.11. The summed E-state index contributed by atoms with van der Waals surface area (Å²) in [5.41, 5.74) is 5.11. The van der Waals surface area contributed by atoms with Crippen molar-refractivity contribution < 1.29 is 17.9 Å². The Bertz CT molecular complexity index is 476. The van der Waals surface area contributed by atoms with Crippen molar-refractivity contribution in [3.8, 4) is 0 Å². The maximum Gasteiger partial charge on any atom is 0.240 e. The number of nitrogens with two attached hydrogens (primary N) is 1. The van der Waals surface area contributed by atoms with Gasteiger partial charge in [0.25, 0.3) is 0 Å². The quantitative estimate of drug-likeness (QED) is 0.657. The van der Waals surface area contributed by atoms with Gasteiger partial charge in [0.2, 0.25) is 10.0 Å². The molecule has 1 unspecified atom stereocenters. The SMILES string of the molecule is CC(CO)NS(=O)(=O)c1ccc(N)c(F)c1. The van der Waals surface area contributed by atoms with E-state index in [1.165, 1.54) is 19.1 Å². The molecule has 0 spiro atoms. The van der Waals surface area contributed by atoms with Crippen LogP contribution < -0.4 is 10.5 Å². The molecule has 1 aromatic rings. The molecule has 4 N–H and O–H groups in total. The minimum absolute atomic E-state index is 0.117.